The Bertz CT molecular complexity index is 575. The second kappa shape index (κ2) is 6.13. The fourth-order valence-electron chi connectivity index (χ4n) is 2.98. The molecule has 2 unspecified atom stereocenters. The highest BCUT2D eigenvalue weighted by atomic mass is 16.3. The van der Waals surface area contributed by atoms with Crippen molar-refractivity contribution in [3.05, 3.63) is 24.5 Å². The van der Waals surface area contributed by atoms with Gasteiger partial charge in [0.15, 0.2) is 5.65 Å². The van der Waals surface area contributed by atoms with Crippen molar-refractivity contribution in [2.75, 3.05) is 18.5 Å². The number of hydrogen-bond acceptors (Lipinski definition) is 5. The lowest BCUT2D eigenvalue weighted by molar-refractivity contribution is 0.141. The number of anilines is 1. The first-order chi connectivity index (χ1) is 9.86. The highest BCUT2D eigenvalue weighted by molar-refractivity contribution is 5.71. The van der Waals surface area contributed by atoms with Gasteiger partial charge in [-0.05, 0) is 36.8 Å². The quantitative estimate of drug-likeness (QED) is 0.893. The van der Waals surface area contributed by atoms with Gasteiger partial charge in [0.1, 0.15) is 11.3 Å². The van der Waals surface area contributed by atoms with Gasteiger partial charge in [0.25, 0.3) is 0 Å². The maximum absolute atomic E-state index is 9.44. The Morgan fingerprint density at radius 1 is 1.10 bits per heavy atom. The average molecular weight is 272 g/mol. The number of nitrogens with zero attached hydrogens (tertiary/aromatic N) is 3. The van der Waals surface area contributed by atoms with Gasteiger partial charge in [0, 0.05) is 25.5 Å². The normalized spacial score (nSPS) is 22.9. The molecule has 3 rings (SSSR count). The highest BCUT2D eigenvalue weighted by Crippen LogP contribution is 2.29. The van der Waals surface area contributed by atoms with Crippen molar-refractivity contribution in [1.29, 1.82) is 0 Å². The zero-order chi connectivity index (χ0) is 13.8. The lowest BCUT2D eigenvalue weighted by Gasteiger charge is -2.30. The number of rotatable bonds is 4. The minimum atomic E-state index is 0.295. The topological polar surface area (TPSA) is 70.9 Å². The predicted octanol–water partition coefficient (Wildman–Crippen LogP) is 2.24. The van der Waals surface area contributed by atoms with Crippen molar-refractivity contribution in [2.24, 2.45) is 11.8 Å². The third-order valence-electron chi connectivity index (χ3n) is 4.18. The van der Waals surface area contributed by atoms with Gasteiger partial charge in [-0.2, -0.15) is 0 Å². The molecule has 0 aliphatic heterocycles. The van der Waals surface area contributed by atoms with Gasteiger partial charge < -0.3 is 10.4 Å². The number of aliphatic hydroxyl groups excluding tert-OH is 1. The van der Waals surface area contributed by atoms with Crippen molar-refractivity contribution < 1.29 is 5.11 Å². The molecule has 2 atom stereocenters. The van der Waals surface area contributed by atoms with Crippen LogP contribution in [0.3, 0.4) is 0 Å². The molecule has 0 saturated heterocycles. The largest absolute Gasteiger partial charge is 0.396 e. The van der Waals surface area contributed by atoms with E-state index in [1.165, 1.54) is 19.3 Å². The van der Waals surface area contributed by atoms with Gasteiger partial charge in [-0.3, -0.25) is 4.98 Å². The van der Waals surface area contributed by atoms with Crippen LogP contribution in [-0.2, 0) is 0 Å². The zero-order valence-corrected chi connectivity index (χ0v) is 11.5. The maximum atomic E-state index is 9.44. The average Bonchev–Trinajstić information content (AvgIpc) is 2.53. The van der Waals surface area contributed by atoms with E-state index in [0.29, 0.717) is 24.1 Å². The first kappa shape index (κ1) is 13.2. The molecule has 0 amide bonds. The number of pyridine rings is 1. The predicted molar refractivity (Wildman–Crippen MR) is 78.4 cm³/mol. The van der Waals surface area contributed by atoms with Crippen LogP contribution in [0.4, 0.5) is 5.82 Å². The summed E-state index contributed by atoms with van der Waals surface area (Å²) in [6.07, 6.45) is 8.16. The molecule has 0 radical (unpaired) electrons. The van der Waals surface area contributed by atoms with E-state index < -0.39 is 0 Å². The minimum absolute atomic E-state index is 0.295. The molecule has 20 heavy (non-hydrogen) atoms. The molecular formula is C15H20N4O. The summed E-state index contributed by atoms with van der Waals surface area (Å²) in [5.41, 5.74) is 1.48. The minimum Gasteiger partial charge on any atom is -0.396 e. The summed E-state index contributed by atoms with van der Waals surface area (Å²) in [5.74, 6) is 1.80. The number of aromatic nitrogens is 3. The molecule has 1 aliphatic rings. The van der Waals surface area contributed by atoms with Crippen molar-refractivity contribution in [1.82, 2.24) is 15.0 Å². The second-order valence-electron chi connectivity index (χ2n) is 5.46. The zero-order valence-electron chi connectivity index (χ0n) is 11.5. The van der Waals surface area contributed by atoms with Crippen LogP contribution in [-0.4, -0.2) is 33.2 Å². The van der Waals surface area contributed by atoms with Crippen molar-refractivity contribution in [3.63, 3.8) is 0 Å². The number of fused-ring (bicyclic) bond motifs is 1. The van der Waals surface area contributed by atoms with E-state index in [1.807, 2.05) is 12.1 Å². The molecule has 0 spiro atoms. The van der Waals surface area contributed by atoms with Gasteiger partial charge in [-0.15, -0.1) is 0 Å². The molecule has 2 aromatic heterocycles. The molecule has 106 valence electrons. The van der Waals surface area contributed by atoms with Crippen LogP contribution in [0.15, 0.2) is 24.5 Å². The Hall–Kier alpha value is -1.75. The lowest BCUT2D eigenvalue weighted by atomic mass is 9.79. The number of aliphatic hydroxyl groups is 1. The summed E-state index contributed by atoms with van der Waals surface area (Å²) in [4.78, 5) is 12.9. The van der Waals surface area contributed by atoms with Crippen LogP contribution >= 0.6 is 0 Å². The van der Waals surface area contributed by atoms with Gasteiger partial charge >= 0.3 is 0 Å². The molecule has 1 fully saturated rings. The summed E-state index contributed by atoms with van der Waals surface area (Å²) in [5, 5.41) is 12.8. The Kier molecular flexibility index (Phi) is 4.06. The summed E-state index contributed by atoms with van der Waals surface area (Å²) in [6, 6.07) is 3.87. The van der Waals surface area contributed by atoms with E-state index in [2.05, 4.69) is 20.3 Å². The highest BCUT2D eigenvalue weighted by Gasteiger charge is 2.24. The Morgan fingerprint density at radius 2 is 1.90 bits per heavy atom. The molecular weight excluding hydrogens is 252 g/mol. The molecule has 2 aromatic rings. The summed E-state index contributed by atoms with van der Waals surface area (Å²) in [7, 11) is 0. The number of hydrogen-bond donors (Lipinski definition) is 2. The Morgan fingerprint density at radius 3 is 2.75 bits per heavy atom. The van der Waals surface area contributed by atoms with Gasteiger partial charge in [-0.25, -0.2) is 9.97 Å². The third-order valence-corrected chi connectivity index (χ3v) is 4.18. The van der Waals surface area contributed by atoms with E-state index in [4.69, 9.17) is 0 Å². The van der Waals surface area contributed by atoms with Crippen molar-refractivity contribution in [2.45, 2.75) is 25.7 Å². The van der Waals surface area contributed by atoms with Crippen LogP contribution in [0.5, 0.6) is 0 Å². The summed E-state index contributed by atoms with van der Waals surface area (Å²) < 4.78 is 0. The molecule has 1 saturated carbocycles. The van der Waals surface area contributed by atoms with E-state index in [1.54, 1.807) is 12.4 Å². The smallest absolute Gasteiger partial charge is 0.180 e. The SMILES string of the molecule is OCC1CCCCC1CNc1ccc2nccnc2n1. The third kappa shape index (κ3) is 2.88. The molecule has 0 aromatic carbocycles. The van der Waals surface area contributed by atoms with Crippen LogP contribution in [0, 0.1) is 11.8 Å². The summed E-state index contributed by atoms with van der Waals surface area (Å²) >= 11 is 0. The maximum Gasteiger partial charge on any atom is 0.180 e. The van der Waals surface area contributed by atoms with Gasteiger partial charge in [0.2, 0.25) is 0 Å². The van der Waals surface area contributed by atoms with Crippen LogP contribution in [0.2, 0.25) is 0 Å². The second-order valence-corrected chi connectivity index (χ2v) is 5.46. The Labute approximate surface area is 118 Å². The molecule has 1 aliphatic carbocycles. The van der Waals surface area contributed by atoms with Crippen molar-refractivity contribution >= 4 is 17.0 Å². The summed E-state index contributed by atoms with van der Waals surface area (Å²) in [6.45, 7) is 1.16. The van der Waals surface area contributed by atoms with Gasteiger partial charge in [0.05, 0.1) is 0 Å². The van der Waals surface area contributed by atoms with Gasteiger partial charge in [-0.1, -0.05) is 12.8 Å². The van der Waals surface area contributed by atoms with Crippen LogP contribution in [0.1, 0.15) is 25.7 Å². The first-order valence-electron chi connectivity index (χ1n) is 7.29. The molecule has 5 heteroatoms. The van der Waals surface area contributed by atoms with E-state index in [9.17, 15) is 5.11 Å². The fourth-order valence-corrected chi connectivity index (χ4v) is 2.98. The Balaban J connectivity index is 1.67. The van der Waals surface area contributed by atoms with E-state index in [0.717, 1.165) is 24.3 Å². The van der Waals surface area contributed by atoms with E-state index >= 15 is 0 Å². The lowest BCUT2D eigenvalue weighted by Crippen LogP contribution is -2.28. The molecule has 0 bridgehead atoms. The standard InChI is InChI=1S/C15H20N4O/c20-10-12-4-2-1-3-11(12)9-18-14-6-5-13-15(19-14)17-8-7-16-13/h5-8,11-12,20H,1-4,9-10H2,(H,17,18,19). The first-order valence-corrected chi connectivity index (χ1v) is 7.29. The molecule has 2 heterocycles. The van der Waals surface area contributed by atoms with Crippen LogP contribution in [0.25, 0.3) is 11.2 Å². The fraction of sp³-hybridized carbons (Fsp3) is 0.533. The monoisotopic (exact) mass is 272 g/mol. The van der Waals surface area contributed by atoms with E-state index in [-0.39, 0.29) is 0 Å². The molecule has 2 N–H and O–H groups in total. The van der Waals surface area contributed by atoms with Crippen LogP contribution < -0.4 is 5.32 Å². The number of nitrogens with one attached hydrogen (secondary N) is 1. The molecule has 5 nitrogen and oxygen atoms in total. The van der Waals surface area contributed by atoms with Crippen molar-refractivity contribution in [3.8, 4) is 0 Å².